The number of rotatable bonds is 6. The summed E-state index contributed by atoms with van der Waals surface area (Å²) >= 11 is 1.12. The maximum absolute atomic E-state index is 13.5. The van der Waals surface area contributed by atoms with Gasteiger partial charge in [-0.05, 0) is 47.5 Å². The Morgan fingerprint density at radius 1 is 1.03 bits per heavy atom. The number of carbonyl (C=O) groups is 2. The molecule has 0 spiro atoms. The Bertz CT molecular complexity index is 1670. The molecule has 0 fully saturated rings. The molecule has 0 bridgehead atoms. The molecule has 5 aromatic rings. The van der Waals surface area contributed by atoms with Crippen molar-refractivity contribution < 1.29 is 18.7 Å². The van der Waals surface area contributed by atoms with E-state index in [1.54, 1.807) is 12.3 Å². The third-order valence-electron chi connectivity index (χ3n) is 5.68. The standard InChI is InChI=1S/C27H20FN3O4S/c1-2-35-27(34)24-21-15-36-25(23(21)26(33)31(30-24)19-12-10-18(28)11-13-19)29-22(32)14-17-8-5-7-16-6-3-4-9-20(16)17/h3-13,15H,2,14H2,1H3,(H,29,32). The Balaban J connectivity index is 1.57. The van der Waals surface area contributed by atoms with Gasteiger partial charge in [0.15, 0.2) is 5.69 Å². The lowest BCUT2D eigenvalue weighted by molar-refractivity contribution is -0.115. The van der Waals surface area contributed by atoms with Gasteiger partial charge >= 0.3 is 5.97 Å². The lowest BCUT2D eigenvalue weighted by atomic mass is 10.0. The van der Waals surface area contributed by atoms with Crippen LogP contribution in [0.25, 0.3) is 27.2 Å². The number of aromatic nitrogens is 2. The number of anilines is 1. The average Bonchev–Trinajstić information content (AvgIpc) is 3.29. The number of thiophene rings is 1. The molecule has 7 nitrogen and oxygen atoms in total. The molecule has 1 amide bonds. The van der Waals surface area contributed by atoms with Crippen LogP contribution in [-0.2, 0) is 16.0 Å². The van der Waals surface area contributed by atoms with E-state index in [1.165, 1.54) is 24.3 Å². The number of fused-ring (bicyclic) bond motifs is 2. The number of amides is 1. The van der Waals surface area contributed by atoms with Crippen LogP contribution in [0.4, 0.5) is 9.39 Å². The van der Waals surface area contributed by atoms with Crippen LogP contribution in [0, 0.1) is 5.82 Å². The normalized spacial score (nSPS) is 11.1. The summed E-state index contributed by atoms with van der Waals surface area (Å²) in [5.41, 5.74) is 0.505. The highest BCUT2D eigenvalue weighted by molar-refractivity contribution is 7.16. The van der Waals surface area contributed by atoms with Crippen molar-refractivity contribution in [2.45, 2.75) is 13.3 Å². The van der Waals surface area contributed by atoms with Crippen molar-refractivity contribution in [3.8, 4) is 5.69 Å². The number of nitrogens with zero attached hydrogens (tertiary/aromatic N) is 2. The Morgan fingerprint density at radius 3 is 2.56 bits per heavy atom. The van der Waals surface area contributed by atoms with Crippen molar-refractivity contribution >= 4 is 49.8 Å². The van der Waals surface area contributed by atoms with E-state index in [4.69, 9.17) is 4.74 Å². The molecule has 3 aromatic carbocycles. The summed E-state index contributed by atoms with van der Waals surface area (Å²) in [4.78, 5) is 39.1. The van der Waals surface area contributed by atoms with Crippen LogP contribution < -0.4 is 10.9 Å². The zero-order valence-corrected chi connectivity index (χ0v) is 20.0. The number of benzene rings is 3. The largest absolute Gasteiger partial charge is 0.461 e. The molecule has 2 aromatic heterocycles. The van der Waals surface area contributed by atoms with Crippen molar-refractivity contribution in [3.05, 3.63) is 99.5 Å². The summed E-state index contributed by atoms with van der Waals surface area (Å²) in [7, 11) is 0. The first-order valence-corrected chi connectivity index (χ1v) is 12.1. The van der Waals surface area contributed by atoms with Crippen LogP contribution >= 0.6 is 11.3 Å². The molecule has 0 aliphatic heterocycles. The summed E-state index contributed by atoms with van der Waals surface area (Å²) in [6, 6.07) is 18.7. The number of hydrogen-bond acceptors (Lipinski definition) is 6. The first kappa shape index (κ1) is 23.4. The van der Waals surface area contributed by atoms with E-state index >= 15 is 0 Å². The minimum absolute atomic E-state index is 0.0680. The fourth-order valence-electron chi connectivity index (χ4n) is 4.04. The molecule has 9 heteroatoms. The predicted molar refractivity (Wildman–Crippen MR) is 137 cm³/mol. The van der Waals surface area contributed by atoms with E-state index in [2.05, 4.69) is 10.4 Å². The van der Waals surface area contributed by atoms with Crippen molar-refractivity contribution in [2.24, 2.45) is 0 Å². The van der Waals surface area contributed by atoms with Gasteiger partial charge in [-0.25, -0.2) is 9.18 Å². The van der Waals surface area contributed by atoms with Crippen LogP contribution in [0.1, 0.15) is 23.0 Å². The molecule has 5 rings (SSSR count). The van der Waals surface area contributed by atoms with Gasteiger partial charge in [0.05, 0.1) is 24.1 Å². The lowest BCUT2D eigenvalue weighted by Crippen LogP contribution is -2.25. The van der Waals surface area contributed by atoms with Gasteiger partial charge < -0.3 is 10.1 Å². The molecule has 1 N–H and O–H groups in total. The van der Waals surface area contributed by atoms with Crippen molar-refractivity contribution in [3.63, 3.8) is 0 Å². The smallest absolute Gasteiger partial charge is 0.359 e. The molecular weight excluding hydrogens is 481 g/mol. The SMILES string of the molecule is CCOC(=O)c1nn(-c2ccc(F)cc2)c(=O)c2c(NC(=O)Cc3cccc4ccccc34)scc12. The van der Waals surface area contributed by atoms with E-state index in [0.29, 0.717) is 5.00 Å². The average molecular weight is 502 g/mol. The highest BCUT2D eigenvalue weighted by atomic mass is 32.1. The quantitative estimate of drug-likeness (QED) is 0.327. The van der Waals surface area contributed by atoms with E-state index in [1.807, 2.05) is 42.5 Å². The van der Waals surface area contributed by atoms with Crippen LogP contribution in [0.2, 0.25) is 0 Å². The maximum Gasteiger partial charge on any atom is 0.359 e. The second-order valence-electron chi connectivity index (χ2n) is 7.98. The first-order valence-electron chi connectivity index (χ1n) is 11.2. The van der Waals surface area contributed by atoms with Crippen LogP contribution in [-0.4, -0.2) is 28.3 Å². The molecule has 0 saturated carbocycles. The Hall–Kier alpha value is -4.37. The molecule has 0 aliphatic carbocycles. The number of hydrogen-bond donors (Lipinski definition) is 1. The number of halogens is 1. The van der Waals surface area contributed by atoms with Gasteiger partial charge in [-0.2, -0.15) is 9.78 Å². The number of ether oxygens (including phenoxy) is 1. The highest BCUT2D eigenvalue weighted by Gasteiger charge is 2.23. The Kier molecular flexibility index (Phi) is 6.30. The summed E-state index contributed by atoms with van der Waals surface area (Å²) in [5.74, 6) is -1.49. The topological polar surface area (TPSA) is 90.3 Å². The fraction of sp³-hybridized carbons (Fsp3) is 0.111. The van der Waals surface area contributed by atoms with Gasteiger partial charge in [0.1, 0.15) is 10.8 Å². The molecule has 0 aliphatic rings. The molecule has 0 unspecified atom stereocenters. The number of nitrogens with one attached hydrogen (secondary N) is 1. The second kappa shape index (κ2) is 9.71. The lowest BCUT2D eigenvalue weighted by Gasteiger charge is -2.10. The fourth-order valence-corrected chi connectivity index (χ4v) is 4.99. The van der Waals surface area contributed by atoms with E-state index in [0.717, 1.165) is 32.4 Å². The number of carbonyl (C=O) groups excluding carboxylic acids is 2. The Labute approximate surface area is 208 Å². The van der Waals surface area contributed by atoms with Gasteiger partial charge in [-0.15, -0.1) is 11.3 Å². The van der Waals surface area contributed by atoms with Crippen LogP contribution in [0.15, 0.2) is 76.9 Å². The third kappa shape index (κ3) is 4.36. The summed E-state index contributed by atoms with van der Waals surface area (Å²) < 4.78 is 19.6. The molecule has 36 heavy (non-hydrogen) atoms. The summed E-state index contributed by atoms with van der Waals surface area (Å²) in [6.07, 6.45) is 0.0999. The maximum atomic E-state index is 13.5. The summed E-state index contributed by atoms with van der Waals surface area (Å²) in [5, 5.41) is 11.3. The van der Waals surface area contributed by atoms with Crippen molar-refractivity contribution in [2.75, 3.05) is 11.9 Å². The molecule has 180 valence electrons. The van der Waals surface area contributed by atoms with Crippen molar-refractivity contribution in [1.29, 1.82) is 0 Å². The van der Waals surface area contributed by atoms with Crippen molar-refractivity contribution in [1.82, 2.24) is 9.78 Å². The minimum Gasteiger partial charge on any atom is -0.461 e. The Morgan fingerprint density at radius 2 is 1.78 bits per heavy atom. The first-order chi connectivity index (χ1) is 17.5. The van der Waals surface area contributed by atoms with Gasteiger partial charge in [0.2, 0.25) is 5.91 Å². The minimum atomic E-state index is -0.704. The third-order valence-corrected chi connectivity index (χ3v) is 6.57. The van der Waals surface area contributed by atoms with Gasteiger partial charge in [-0.3, -0.25) is 9.59 Å². The van der Waals surface area contributed by atoms with E-state index < -0.39 is 17.3 Å². The second-order valence-corrected chi connectivity index (χ2v) is 8.86. The van der Waals surface area contributed by atoms with E-state index in [-0.39, 0.29) is 41.1 Å². The molecule has 2 heterocycles. The van der Waals surface area contributed by atoms with Gasteiger partial charge in [0.25, 0.3) is 5.56 Å². The zero-order valence-electron chi connectivity index (χ0n) is 19.2. The monoisotopic (exact) mass is 501 g/mol. The van der Waals surface area contributed by atoms with E-state index in [9.17, 15) is 18.8 Å². The highest BCUT2D eigenvalue weighted by Crippen LogP contribution is 2.31. The van der Waals surface area contributed by atoms with Gasteiger partial charge in [0, 0.05) is 10.8 Å². The predicted octanol–water partition coefficient (Wildman–Crippen LogP) is 5.10. The zero-order chi connectivity index (χ0) is 25.2. The molecule has 0 radical (unpaired) electrons. The summed E-state index contributed by atoms with van der Waals surface area (Å²) in [6.45, 7) is 1.79. The molecule has 0 saturated heterocycles. The van der Waals surface area contributed by atoms with Gasteiger partial charge in [-0.1, -0.05) is 42.5 Å². The molecular formula is C27H20FN3O4S. The van der Waals surface area contributed by atoms with Crippen LogP contribution in [0.5, 0.6) is 0 Å². The molecule has 0 atom stereocenters. The van der Waals surface area contributed by atoms with Crippen LogP contribution in [0.3, 0.4) is 0 Å². The number of esters is 1.